The van der Waals surface area contributed by atoms with E-state index in [1.807, 2.05) is 54.6 Å². The molecule has 0 saturated carbocycles. The van der Waals surface area contributed by atoms with E-state index in [0.717, 1.165) is 49.0 Å². The van der Waals surface area contributed by atoms with Crippen molar-refractivity contribution >= 4 is 20.8 Å². The van der Waals surface area contributed by atoms with Gasteiger partial charge in [0.1, 0.15) is 12.4 Å². The number of sulfonamides is 1. The van der Waals surface area contributed by atoms with Gasteiger partial charge in [-0.05, 0) is 53.4 Å². The fourth-order valence-electron chi connectivity index (χ4n) is 3.94. The Bertz CT molecular complexity index is 1110. The molecule has 0 unspecified atom stereocenters. The molecule has 31 heavy (non-hydrogen) atoms. The third kappa shape index (κ3) is 5.62. The van der Waals surface area contributed by atoms with Crippen LogP contribution in [0, 0.1) is 0 Å². The first-order chi connectivity index (χ1) is 15.0. The van der Waals surface area contributed by atoms with Gasteiger partial charge in [0.15, 0.2) is 0 Å². The van der Waals surface area contributed by atoms with E-state index < -0.39 is 10.0 Å². The van der Waals surface area contributed by atoms with E-state index in [4.69, 9.17) is 9.84 Å². The molecule has 6 nitrogen and oxygen atoms in total. The van der Waals surface area contributed by atoms with Crippen molar-refractivity contribution in [3.63, 3.8) is 0 Å². The molecular formula is C24H28N2O4S. The molecule has 1 fully saturated rings. The van der Waals surface area contributed by atoms with Gasteiger partial charge in [-0.15, -0.1) is 0 Å². The van der Waals surface area contributed by atoms with Crippen molar-refractivity contribution in [1.82, 2.24) is 9.62 Å². The Balaban J connectivity index is 1.31. The van der Waals surface area contributed by atoms with Gasteiger partial charge in [-0.25, -0.2) is 13.1 Å². The first-order valence-electron chi connectivity index (χ1n) is 10.6. The maximum absolute atomic E-state index is 12.9. The number of ether oxygens (including phenoxy) is 1. The summed E-state index contributed by atoms with van der Waals surface area (Å²) >= 11 is 0. The Morgan fingerprint density at radius 3 is 2.39 bits per heavy atom. The third-order valence-electron chi connectivity index (χ3n) is 5.63. The van der Waals surface area contributed by atoms with E-state index in [0.29, 0.717) is 11.5 Å². The number of fused-ring (bicyclic) bond motifs is 1. The molecule has 1 aliphatic heterocycles. The molecule has 4 rings (SSSR count). The number of likely N-dealkylation sites (tertiary alicyclic amines) is 1. The normalized spacial score (nSPS) is 15.9. The molecular weight excluding hydrogens is 412 g/mol. The Hall–Kier alpha value is -2.45. The zero-order chi connectivity index (χ0) is 21.7. The van der Waals surface area contributed by atoms with E-state index in [-0.39, 0.29) is 12.6 Å². The average Bonchev–Trinajstić information content (AvgIpc) is 2.79. The number of hydrogen-bond acceptors (Lipinski definition) is 5. The highest BCUT2D eigenvalue weighted by Crippen LogP contribution is 2.21. The molecule has 2 N–H and O–H groups in total. The minimum absolute atomic E-state index is 0.00131. The van der Waals surface area contributed by atoms with Crippen LogP contribution in [0.2, 0.25) is 0 Å². The second-order valence-electron chi connectivity index (χ2n) is 7.90. The van der Waals surface area contributed by atoms with Crippen molar-refractivity contribution < 1.29 is 18.3 Å². The number of nitrogens with one attached hydrogen (secondary N) is 1. The largest absolute Gasteiger partial charge is 0.491 e. The standard InChI is InChI=1S/C24H28N2O4S/c27-15-16-30-23-8-5-19(6-9-23)18-26-13-11-22(12-14-26)25-31(28,29)24-10-7-20-3-1-2-4-21(20)17-24/h1-10,17,22,25,27H,11-16,18H2. The quantitative estimate of drug-likeness (QED) is 0.563. The van der Waals surface area contributed by atoms with Crippen LogP contribution in [0.15, 0.2) is 71.6 Å². The van der Waals surface area contributed by atoms with Crippen LogP contribution in [0.4, 0.5) is 0 Å². The van der Waals surface area contributed by atoms with Gasteiger partial charge in [-0.3, -0.25) is 4.90 Å². The van der Waals surface area contributed by atoms with Gasteiger partial charge < -0.3 is 9.84 Å². The van der Waals surface area contributed by atoms with Gasteiger partial charge in [0.05, 0.1) is 11.5 Å². The molecule has 0 spiro atoms. The zero-order valence-electron chi connectivity index (χ0n) is 17.4. The number of piperidine rings is 1. The predicted molar refractivity (Wildman–Crippen MR) is 122 cm³/mol. The molecule has 3 aromatic rings. The topological polar surface area (TPSA) is 78.9 Å². The summed E-state index contributed by atoms with van der Waals surface area (Å²) in [5, 5.41) is 10.8. The lowest BCUT2D eigenvalue weighted by atomic mass is 10.1. The molecule has 7 heteroatoms. The van der Waals surface area contributed by atoms with Gasteiger partial charge in [0.2, 0.25) is 10.0 Å². The monoisotopic (exact) mass is 440 g/mol. The number of aliphatic hydroxyl groups excluding tert-OH is 1. The summed E-state index contributed by atoms with van der Waals surface area (Å²) in [4.78, 5) is 2.65. The van der Waals surface area contributed by atoms with Crippen molar-refractivity contribution in [2.45, 2.75) is 30.3 Å². The molecule has 0 aliphatic carbocycles. The Morgan fingerprint density at radius 1 is 0.968 bits per heavy atom. The second-order valence-corrected chi connectivity index (χ2v) is 9.61. The first-order valence-corrected chi connectivity index (χ1v) is 12.1. The fourth-order valence-corrected chi connectivity index (χ4v) is 5.28. The van der Waals surface area contributed by atoms with Gasteiger partial charge in [0.25, 0.3) is 0 Å². The van der Waals surface area contributed by atoms with E-state index >= 15 is 0 Å². The lowest BCUT2D eigenvalue weighted by Crippen LogP contribution is -2.44. The summed E-state index contributed by atoms with van der Waals surface area (Å²) in [6.45, 7) is 2.80. The van der Waals surface area contributed by atoms with Crippen molar-refractivity contribution in [1.29, 1.82) is 0 Å². The van der Waals surface area contributed by atoms with E-state index in [9.17, 15) is 8.42 Å². The van der Waals surface area contributed by atoms with Crippen LogP contribution in [0.3, 0.4) is 0 Å². The van der Waals surface area contributed by atoms with Crippen molar-refractivity contribution in [3.05, 3.63) is 72.3 Å². The summed E-state index contributed by atoms with van der Waals surface area (Å²) in [5.74, 6) is 0.750. The Kier molecular flexibility index (Phi) is 6.87. The third-order valence-corrected chi connectivity index (χ3v) is 7.15. The molecule has 1 aliphatic rings. The maximum atomic E-state index is 12.9. The molecule has 0 bridgehead atoms. The number of rotatable bonds is 8. The number of benzene rings is 3. The van der Waals surface area contributed by atoms with Crippen LogP contribution >= 0.6 is 0 Å². The van der Waals surface area contributed by atoms with E-state index in [2.05, 4.69) is 9.62 Å². The summed E-state index contributed by atoms with van der Waals surface area (Å²) in [6.07, 6.45) is 1.56. The summed E-state index contributed by atoms with van der Waals surface area (Å²) in [5.41, 5.74) is 1.19. The van der Waals surface area contributed by atoms with E-state index in [1.54, 1.807) is 12.1 Å². The SMILES string of the molecule is O=S(=O)(NC1CCN(Cc2ccc(OCCO)cc2)CC1)c1ccc2ccccc2c1. The van der Waals surface area contributed by atoms with Gasteiger partial charge >= 0.3 is 0 Å². The van der Waals surface area contributed by atoms with E-state index in [1.165, 1.54) is 5.56 Å². The molecule has 0 radical (unpaired) electrons. The van der Waals surface area contributed by atoms with Crippen molar-refractivity contribution in [3.8, 4) is 5.75 Å². The molecule has 0 aromatic heterocycles. The molecule has 0 atom stereocenters. The lowest BCUT2D eigenvalue weighted by Gasteiger charge is -2.32. The minimum atomic E-state index is -3.54. The van der Waals surface area contributed by atoms with Crippen LogP contribution in [-0.2, 0) is 16.6 Å². The highest BCUT2D eigenvalue weighted by atomic mass is 32.2. The molecule has 3 aromatic carbocycles. The smallest absolute Gasteiger partial charge is 0.240 e. The number of nitrogens with zero attached hydrogens (tertiary/aromatic N) is 1. The Labute approximate surface area is 183 Å². The molecule has 1 heterocycles. The zero-order valence-corrected chi connectivity index (χ0v) is 18.2. The first kappa shape index (κ1) is 21.8. The minimum Gasteiger partial charge on any atom is -0.491 e. The lowest BCUT2D eigenvalue weighted by molar-refractivity contribution is 0.198. The van der Waals surface area contributed by atoms with Crippen LogP contribution in [0.1, 0.15) is 18.4 Å². The average molecular weight is 441 g/mol. The van der Waals surface area contributed by atoms with Crippen LogP contribution in [-0.4, -0.2) is 50.8 Å². The Morgan fingerprint density at radius 2 is 1.68 bits per heavy atom. The molecule has 164 valence electrons. The number of hydrogen-bond donors (Lipinski definition) is 2. The molecule has 0 amide bonds. The maximum Gasteiger partial charge on any atom is 0.240 e. The van der Waals surface area contributed by atoms with Crippen LogP contribution in [0.25, 0.3) is 10.8 Å². The summed E-state index contributed by atoms with van der Waals surface area (Å²) in [6, 6.07) is 20.9. The second kappa shape index (κ2) is 9.78. The van der Waals surface area contributed by atoms with Crippen molar-refractivity contribution in [2.75, 3.05) is 26.3 Å². The number of aliphatic hydroxyl groups is 1. The van der Waals surface area contributed by atoms with Crippen molar-refractivity contribution in [2.24, 2.45) is 0 Å². The molecule has 1 saturated heterocycles. The van der Waals surface area contributed by atoms with Crippen LogP contribution in [0.5, 0.6) is 5.75 Å². The summed E-state index contributed by atoms with van der Waals surface area (Å²) in [7, 11) is -3.54. The predicted octanol–water partition coefficient (Wildman–Crippen LogP) is 3.15. The highest BCUT2D eigenvalue weighted by Gasteiger charge is 2.24. The fraction of sp³-hybridized carbons (Fsp3) is 0.333. The van der Waals surface area contributed by atoms with Gasteiger partial charge in [-0.1, -0.05) is 42.5 Å². The highest BCUT2D eigenvalue weighted by molar-refractivity contribution is 7.89. The van der Waals surface area contributed by atoms with Gasteiger partial charge in [-0.2, -0.15) is 0 Å². The van der Waals surface area contributed by atoms with Crippen LogP contribution < -0.4 is 9.46 Å². The summed E-state index contributed by atoms with van der Waals surface area (Å²) < 4.78 is 34.0. The van der Waals surface area contributed by atoms with Gasteiger partial charge in [0, 0.05) is 25.7 Å².